The van der Waals surface area contributed by atoms with E-state index in [1.807, 2.05) is 0 Å². The van der Waals surface area contributed by atoms with Crippen LogP contribution in [0.3, 0.4) is 0 Å². The summed E-state index contributed by atoms with van der Waals surface area (Å²) in [6.45, 7) is 9.15. The molecule has 0 bridgehead atoms. The Hall–Kier alpha value is -0.420. The first-order valence-corrected chi connectivity index (χ1v) is 9.28. The van der Waals surface area contributed by atoms with E-state index in [0.29, 0.717) is 12.6 Å². The van der Waals surface area contributed by atoms with Crippen molar-refractivity contribution in [1.82, 2.24) is 15.5 Å². The van der Waals surface area contributed by atoms with Gasteiger partial charge in [-0.2, -0.15) is 0 Å². The van der Waals surface area contributed by atoms with E-state index in [1.165, 1.54) is 4.88 Å². The largest absolute Gasteiger partial charge is 0.379 e. The molecule has 0 aliphatic carbocycles. The first-order valence-electron chi connectivity index (χ1n) is 8.40. The minimum Gasteiger partial charge on any atom is -0.379 e. The third kappa shape index (κ3) is 7.38. The summed E-state index contributed by atoms with van der Waals surface area (Å²) in [6.07, 6.45) is 0. The number of nitrogens with one attached hydrogen (secondary N) is 2. The summed E-state index contributed by atoms with van der Waals surface area (Å²) in [6, 6.07) is 4.65. The van der Waals surface area contributed by atoms with Gasteiger partial charge >= 0.3 is 0 Å². The molecular formula is C17H31IN4O2S. The Morgan fingerprint density at radius 1 is 1.40 bits per heavy atom. The van der Waals surface area contributed by atoms with Crippen LogP contribution in [-0.2, 0) is 9.47 Å². The lowest BCUT2D eigenvalue weighted by Gasteiger charge is -2.34. The molecule has 0 spiro atoms. The number of aliphatic imine (C=N–C) groups is 1. The average Bonchev–Trinajstić information content (AvgIpc) is 3.13. The van der Waals surface area contributed by atoms with Gasteiger partial charge in [-0.05, 0) is 25.3 Å². The van der Waals surface area contributed by atoms with Crippen LogP contribution >= 0.6 is 35.3 Å². The van der Waals surface area contributed by atoms with Crippen molar-refractivity contribution < 1.29 is 9.47 Å². The molecule has 1 aliphatic heterocycles. The smallest absolute Gasteiger partial charge is 0.191 e. The van der Waals surface area contributed by atoms with Crippen molar-refractivity contribution in [2.75, 3.05) is 53.6 Å². The highest BCUT2D eigenvalue weighted by atomic mass is 127. The van der Waals surface area contributed by atoms with Crippen LogP contribution < -0.4 is 10.6 Å². The van der Waals surface area contributed by atoms with E-state index >= 15 is 0 Å². The summed E-state index contributed by atoms with van der Waals surface area (Å²) in [5, 5.41) is 8.93. The molecule has 25 heavy (non-hydrogen) atoms. The number of hydrogen-bond acceptors (Lipinski definition) is 5. The van der Waals surface area contributed by atoms with E-state index in [4.69, 9.17) is 9.47 Å². The van der Waals surface area contributed by atoms with Crippen molar-refractivity contribution in [3.63, 3.8) is 0 Å². The van der Waals surface area contributed by atoms with Gasteiger partial charge in [0.25, 0.3) is 0 Å². The average molecular weight is 482 g/mol. The molecule has 1 aromatic rings. The molecule has 1 aliphatic rings. The quantitative estimate of drug-likeness (QED) is 0.355. The standard InChI is InChI=1S/C17H30N4O2S.HI/c1-17(2,22-4)13-20-16(18-3)19-12-14(15-6-5-11-24-15)21-7-9-23-10-8-21;/h5-6,11,14H,7-10,12-13H2,1-4H3,(H2,18,19,20);1H. The molecule has 6 nitrogen and oxygen atoms in total. The first kappa shape index (κ1) is 22.6. The number of nitrogens with zero attached hydrogens (tertiary/aromatic N) is 2. The molecular weight excluding hydrogens is 451 g/mol. The normalized spacial score (nSPS) is 17.7. The highest BCUT2D eigenvalue weighted by molar-refractivity contribution is 14.0. The SMILES string of the molecule is CN=C(NCC(c1cccs1)N1CCOCC1)NCC(C)(C)OC.I. The van der Waals surface area contributed by atoms with Crippen molar-refractivity contribution >= 4 is 41.3 Å². The Labute approximate surface area is 172 Å². The van der Waals surface area contributed by atoms with Crippen molar-refractivity contribution in [3.05, 3.63) is 22.4 Å². The maximum Gasteiger partial charge on any atom is 0.191 e. The first-order chi connectivity index (χ1) is 11.6. The maximum atomic E-state index is 5.49. The molecule has 8 heteroatoms. The van der Waals surface area contributed by atoms with Gasteiger partial charge in [-0.15, -0.1) is 35.3 Å². The summed E-state index contributed by atoms with van der Waals surface area (Å²) in [5.41, 5.74) is -0.227. The molecule has 1 atom stereocenters. The summed E-state index contributed by atoms with van der Waals surface area (Å²) in [5.74, 6) is 0.801. The van der Waals surface area contributed by atoms with E-state index < -0.39 is 0 Å². The topological polar surface area (TPSA) is 58.1 Å². The number of guanidine groups is 1. The molecule has 2 heterocycles. The van der Waals surface area contributed by atoms with Crippen molar-refractivity contribution in [3.8, 4) is 0 Å². The zero-order chi connectivity index (χ0) is 17.4. The van der Waals surface area contributed by atoms with E-state index in [9.17, 15) is 0 Å². The number of halogens is 1. The third-order valence-corrected chi connectivity index (χ3v) is 5.25. The van der Waals surface area contributed by atoms with Gasteiger partial charge in [0.1, 0.15) is 0 Å². The monoisotopic (exact) mass is 482 g/mol. The van der Waals surface area contributed by atoms with Gasteiger partial charge < -0.3 is 20.1 Å². The number of ether oxygens (including phenoxy) is 2. The fourth-order valence-electron chi connectivity index (χ4n) is 2.56. The Morgan fingerprint density at radius 2 is 2.12 bits per heavy atom. The Morgan fingerprint density at radius 3 is 2.68 bits per heavy atom. The van der Waals surface area contributed by atoms with Crippen molar-refractivity contribution in [1.29, 1.82) is 0 Å². The summed E-state index contributed by atoms with van der Waals surface area (Å²) < 4.78 is 10.9. The summed E-state index contributed by atoms with van der Waals surface area (Å²) >= 11 is 1.80. The Bertz CT molecular complexity index is 505. The highest BCUT2D eigenvalue weighted by Gasteiger charge is 2.24. The van der Waals surface area contributed by atoms with Gasteiger partial charge in [0.2, 0.25) is 0 Å². The van der Waals surface area contributed by atoms with Crippen molar-refractivity contribution in [2.24, 2.45) is 4.99 Å². The Kier molecular flexibility index (Phi) is 10.2. The third-order valence-electron chi connectivity index (χ3n) is 4.28. The van der Waals surface area contributed by atoms with Crippen LogP contribution in [0, 0.1) is 0 Å². The second kappa shape index (κ2) is 11.3. The molecule has 0 saturated carbocycles. The summed E-state index contributed by atoms with van der Waals surface area (Å²) in [4.78, 5) is 8.18. The van der Waals surface area contributed by atoms with Crippen LogP contribution in [0.4, 0.5) is 0 Å². The predicted octanol–water partition coefficient (Wildman–Crippen LogP) is 2.33. The fraction of sp³-hybridized carbons (Fsp3) is 0.706. The van der Waals surface area contributed by atoms with Gasteiger partial charge in [-0.1, -0.05) is 6.07 Å². The van der Waals surface area contributed by atoms with E-state index in [0.717, 1.165) is 38.8 Å². The van der Waals surface area contributed by atoms with Crippen LogP contribution in [0.15, 0.2) is 22.5 Å². The predicted molar refractivity (Wildman–Crippen MR) is 115 cm³/mol. The number of thiophene rings is 1. The lowest BCUT2D eigenvalue weighted by atomic mass is 10.1. The van der Waals surface area contributed by atoms with E-state index in [-0.39, 0.29) is 29.6 Å². The molecule has 0 aromatic carbocycles. The molecule has 1 fully saturated rings. The van der Waals surface area contributed by atoms with Crippen LogP contribution in [0.25, 0.3) is 0 Å². The van der Waals surface area contributed by atoms with Gasteiger partial charge in [-0.25, -0.2) is 0 Å². The molecule has 1 saturated heterocycles. The zero-order valence-electron chi connectivity index (χ0n) is 15.6. The fourth-order valence-corrected chi connectivity index (χ4v) is 3.42. The Balaban J connectivity index is 0.00000312. The van der Waals surface area contributed by atoms with Gasteiger partial charge in [0.05, 0.1) is 24.9 Å². The van der Waals surface area contributed by atoms with Crippen LogP contribution in [-0.4, -0.2) is 70.0 Å². The van der Waals surface area contributed by atoms with E-state index in [1.54, 1.807) is 25.5 Å². The van der Waals surface area contributed by atoms with Crippen LogP contribution in [0.5, 0.6) is 0 Å². The van der Waals surface area contributed by atoms with Crippen molar-refractivity contribution in [2.45, 2.75) is 25.5 Å². The lowest BCUT2D eigenvalue weighted by molar-refractivity contribution is 0.0174. The molecule has 2 rings (SSSR count). The minimum absolute atomic E-state index is 0. The van der Waals surface area contributed by atoms with Gasteiger partial charge in [-0.3, -0.25) is 9.89 Å². The highest BCUT2D eigenvalue weighted by Crippen LogP contribution is 2.25. The molecule has 2 N–H and O–H groups in total. The van der Waals surface area contributed by atoms with Crippen LogP contribution in [0.1, 0.15) is 24.8 Å². The second-order valence-corrected chi connectivity index (χ2v) is 7.43. The van der Waals surface area contributed by atoms with Gasteiger partial charge in [0.15, 0.2) is 5.96 Å². The molecule has 0 radical (unpaired) electrons. The van der Waals surface area contributed by atoms with Crippen LogP contribution in [0.2, 0.25) is 0 Å². The zero-order valence-corrected chi connectivity index (χ0v) is 18.7. The number of rotatable bonds is 7. The second-order valence-electron chi connectivity index (χ2n) is 6.45. The molecule has 1 unspecified atom stereocenters. The summed E-state index contributed by atoms with van der Waals surface area (Å²) in [7, 11) is 3.52. The molecule has 1 aromatic heterocycles. The molecule has 144 valence electrons. The van der Waals surface area contributed by atoms with E-state index in [2.05, 4.69) is 51.9 Å². The maximum absolute atomic E-state index is 5.49. The number of morpholine rings is 1. The lowest BCUT2D eigenvalue weighted by Crippen LogP contribution is -2.48. The molecule has 0 amide bonds. The number of hydrogen-bond donors (Lipinski definition) is 2. The van der Waals surface area contributed by atoms with Gasteiger partial charge in [0, 0.05) is 45.2 Å². The number of methoxy groups -OCH3 is 1. The minimum atomic E-state index is -0.227.